The second-order valence-electron chi connectivity index (χ2n) is 2.77. The molecule has 0 amide bonds. The Bertz CT molecular complexity index is 466. The van der Waals surface area contributed by atoms with Crippen LogP contribution in [0.25, 0.3) is 0 Å². The second kappa shape index (κ2) is 3.86. The smallest absolute Gasteiger partial charge is 0.348 e. The van der Waals surface area contributed by atoms with E-state index in [4.69, 9.17) is 5.11 Å². The summed E-state index contributed by atoms with van der Waals surface area (Å²) in [6.07, 6.45) is 1.64. The highest BCUT2D eigenvalue weighted by Crippen LogP contribution is 2.09. The summed E-state index contributed by atoms with van der Waals surface area (Å²) >= 11 is 0. The molecule has 0 aliphatic carbocycles. The molecule has 0 bridgehead atoms. The van der Waals surface area contributed by atoms with Gasteiger partial charge in [-0.05, 0) is 6.92 Å². The lowest BCUT2D eigenvalue weighted by molar-refractivity contribution is -0.385. The number of aromatic nitrogens is 2. The van der Waals surface area contributed by atoms with Crippen molar-refractivity contribution in [1.29, 1.82) is 0 Å². The minimum absolute atomic E-state index is 0.428. The summed E-state index contributed by atoms with van der Waals surface area (Å²) in [5.74, 6) is -1.26. The molecular weight excluding hydrogens is 206 g/mol. The van der Waals surface area contributed by atoms with E-state index < -0.39 is 28.3 Å². The maximum atomic E-state index is 11.1. The van der Waals surface area contributed by atoms with Gasteiger partial charge in [-0.1, -0.05) is 0 Å². The van der Waals surface area contributed by atoms with Crippen LogP contribution in [-0.4, -0.2) is 25.6 Å². The van der Waals surface area contributed by atoms with Crippen LogP contribution in [0, 0.1) is 10.1 Å². The van der Waals surface area contributed by atoms with Gasteiger partial charge >= 0.3 is 17.3 Å². The standard InChI is InChI=1S/C7H7N3O5/c1-4(6(11)12)9-3-5(10(14)15)2-8-7(9)13/h2-4H,1H3,(H,11,12). The first-order chi connectivity index (χ1) is 6.93. The zero-order chi connectivity index (χ0) is 11.6. The number of aliphatic carboxylic acids is 1. The van der Waals surface area contributed by atoms with Crippen molar-refractivity contribution in [2.24, 2.45) is 0 Å². The molecule has 0 aliphatic heterocycles. The SMILES string of the molecule is CC(C(=O)O)n1cc([N+](=O)[O-])cnc1=O. The third kappa shape index (κ3) is 2.16. The van der Waals surface area contributed by atoms with Crippen LogP contribution in [0.5, 0.6) is 0 Å². The van der Waals surface area contributed by atoms with Crippen molar-refractivity contribution in [1.82, 2.24) is 9.55 Å². The highest BCUT2D eigenvalue weighted by atomic mass is 16.6. The second-order valence-corrected chi connectivity index (χ2v) is 2.77. The number of hydrogen-bond donors (Lipinski definition) is 1. The van der Waals surface area contributed by atoms with Crippen LogP contribution in [0.2, 0.25) is 0 Å². The van der Waals surface area contributed by atoms with Crippen LogP contribution < -0.4 is 5.69 Å². The number of carboxylic acids is 1. The van der Waals surface area contributed by atoms with Gasteiger partial charge in [0, 0.05) is 0 Å². The largest absolute Gasteiger partial charge is 0.480 e. The molecule has 80 valence electrons. The van der Waals surface area contributed by atoms with Gasteiger partial charge in [0.2, 0.25) is 0 Å². The van der Waals surface area contributed by atoms with E-state index in [-0.39, 0.29) is 0 Å². The first-order valence-electron chi connectivity index (χ1n) is 3.89. The van der Waals surface area contributed by atoms with Crippen LogP contribution in [-0.2, 0) is 4.79 Å². The summed E-state index contributed by atoms with van der Waals surface area (Å²) in [5, 5.41) is 19.0. The first-order valence-corrected chi connectivity index (χ1v) is 3.89. The third-order valence-electron chi connectivity index (χ3n) is 1.78. The number of carbonyl (C=O) groups is 1. The highest BCUT2D eigenvalue weighted by Gasteiger charge is 2.18. The normalized spacial score (nSPS) is 12.1. The van der Waals surface area contributed by atoms with Crippen molar-refractivity contribution in [2.75, 3.05) is 0 Å². The molecule has 15 heavy (non-hydrogen) atoms. The Morgan fingerprint density at radius 2 is 2.33 bits per heavy atom. The highest BCUT2D eigenvalue weighted by molar-refractivity contribution is 5.71. The van der Waals surface area contributed by atoms with E-state index in [1.807, 2.05) is 0 Å². The van der Waals surface area contributed by atoms with E-state index >= 15 is 0 Å². The summed E-state index contributed by atoms with van der Waals surface area (Å²) < 4.78 is 0.695. The molecule has 0 saturated heterocycles. The topological polar surface area (TPSA) is 115 Å². The van der Waals surface area contributed by atoms with Gasteiger partial charge in [0.25, 0.3) is 0 Å². The molecule has 0 spiro atoms. The summed E-state index contributed by atoms with van der Waals surface area (Å²) in [5.41, 5.74) is -1.27. The third-order valence-corrected chi connectivity index (χ3v) is 1.78. The minimum atomic E-state index is -1.26. The molecule has 0 aromatic carbocycles. The molecule has 1 rings (SSSR count). The van der Waals surface area contributed by atoms with Crippen LogP contribution in [0.4, 0.5) is 5.69 Å². The quantitative estimate of drug-likeness (QED) is 0.548. The van der Waals surface area contributed by atoms with Crippen LogP contribution in [0.1, 0.15) is 13.0 Å². The molecule has 0 radical (unpaired) electrons. The van der Waals surface area contributed by atoms with Gasteiger partial charge in [-0.25, -0.2) is 9.59 Å². The molecule has 0 fully saturated rings. The average Bonchev–Trinajstić information content (AvgIpc) is 2.16. The summed E-state index contributed by atoms with van der Waals surface area (Å²) in [4.78, 5) is 34.5. The Hall–Kier alpha value is -2.25. The zero-order valence-electron chi connectivity index (χ0n) is 7.65. The van der Waals surface area contributed by atoms with Gasteiger partial charge in [-0.2, -0.15) is 4.98 Å². The molecular formula is C7H7N3O5. The molecule has 8 heteroatoms. The van der Waals surface area contributed by atoms with Gasteiger partial charge in [-0.15, -0.1) is 0 Å². The fourth-order valence-corrected chi connectivity index (χ4v) is 0.910. The first kappa shape index (κ1) is 10.8. The molecule has 1 heterocycles. The summed E-state index contributed by atoms with van der Waals surface area (Å²) in [6, 6.07) is -1.19. The van der Waals surface area contributed by atoms with E-state index in [9.17, 15) is 19.7 Å². The van der Waals surface area contributed by atoms with Crippen molar-refractivity contribution in [3.63, 3.8) is 0 Å². The van der Waals surface area contributed by atoms with E-state index in [1.54, 1.807) is 0 Å². The van der Waals surface area contributed by atoms with Crippen molar-refractivity contribution in [3.05, 3.63) is 33.0 Å². The number of carboxylic acid groups (broad SMARTS) is 1. The van der Waals surface area contributed by atoms with Crippen LogP contribution in [0.3, 0.4) is 0 Å². The predicted octanol–water partition coefficient (Wildman–Crippen LogP) is -0.203. The Morgan fingerprint density at radius 3 is 2.80 bits per heavy atom. The van der Waals surface area contributed by atoms with E-state index in [0.717, 1.165) is 12.4 Å². The lowest BCUT2D eigenvalue weighted by Gasteiger charge is -2.08. The molecule has 1 aromatic heterocycles. The molecule has 1 N–H and O–H groups in total. The average molecular weight is 213 g/mol. The maximum absolute atomic E-state index is 11.1. The number of rotatable bonds is 3. The van der Waals surface area contributed by atoms with Gasteiger partial charge in [-0.3, -0.25) is 14.7 Å². The number of hydrogen-bond acceptors (Lipinski definition) is 5. The van der Waals surface area contributed by atoms with Crippen LogP contribution >= 0.6 is 0 Å². The Morgan fingerprint density at radius 1 is 1.73 bits per heavy atom. The van der Waals surface area contributed by atoms with Crippen LogP contribution in [0.15, 0.2) is 17.2 Å². The Labute approximate surface area is 82.9 Å². The fraction of sp³-hybridized carbons (Fsp3) is 0.286. The van der Waals surface area contributed by atoms with E-state index in [2.05, 4.69) is 4.98 Å². The lowest BCUT2D eigenvalue weighted by Crippen LogP contribution is -2.29. The summed E-state index contributed by atoms with van der Waals surface area (Å²) in [7, 11) is 0. The Balaban J connectivity index is 3.28. The Kier molecular flexibility index (Phi) is 2.79. The van der Waals surface area contributed by atoms with Gasteiger partial charge in [0.05, 0.1) is 11.1 Å². The number of nitro groups is 1. The van der Waals surface area contributed by atoms with Gasteiger partial charge in [0.1, 0.15) is 12.2 Å². The van der Waals surface area contributed by atoms with Crippen molar-refractivity contribution in [2.45, 2.75) is 13.0 Å². The molecule has 1 aromatic rings. The van der Waals surface area contributed by atoms with Gasteiger partial charge < -0.3 is 5.11 Å². The monoisotopic (exact) mass is 213 g/mol. The van der Waals surface area contributed by atoms with Crippen molar-refractivity contribution in [3.8, 4) is 0 Å². The fourth-order valence-electron chi connectivity index (χ4n) is 0.910. The zero-order valence-corrected chi connectivity index (χ0v) is 7.65. The van der Waals surface area contributed by atoms with Crippen molar-refractivity contribution >= 4 is 11.7 Å². The van der Waals surface area contributed by atoms with Crippen molar-refractivity contribution < 1.29 is 14.8 Å². The maximum Gasteiger partial charge on any atom is 0.348 e. The molecule has 0 aliphatic rings. The van der Waals surface area contributed by atoms with E-state index in [0.29, 0.717) is 4.57 Å². The molecule has 0 saturated carbocycles. The van der Waals surface area contributed by atoms with Gasteiger partial charge in [0.15, 0.2) is 0 Å². The molecule has 1 unspecified atom stereocenters. The minimum Gasteiger partial charge on any atom is -0.480 e. The van der Waals surface area contributed by atoms with E-state index in [1.165, 1.54) is 6.92 Å². The lowest BCUT2D eigenvalue weighted by atomic mass is 10.3. The molecule has 1 atom stereocenters. The number of nitrogens with zero attached hydrogens (tertiary/aromatic N) is 3. The molecule has 8 nitrogen and oxygen atoms in total. The predicted molar refractivity (Wildman–Crippen MR) is 47.5 cm³/mol. The summed E-state index contributed by atoms with van der Waals surface area (Å²) in [6.45, 7) is 1.23.